The lowest BCUT2D eigenvalue weighted by atomic mass is 10.0. The first-order valence-electron chi connectivity index (χ1n) is 10.5. The Bertz CT molecular complexity index is 1440. The molecule has 0 spiro atoms. The van der Waals surface area contributed by atoms with Gasteiger partial charge >= 0.3 is 0 Å². The Kier molecular flexibility index (Phi) is 5.82. The highest BCUT2D eigenvalue weighted by Gasteiger charge is 2.24. The number of nitrogens with one attached hydrogen (secondary N) is 2. The molecule has 4 aromatic rings. The molecular weight excluding hydrogens is 436 g/mol. The Labute approximate surface area is 193 Å². The first-order valence-corrected chi connectivity index (χ1v) is 12.0. The fraction of sp³-hybridized carbons (Fsp3) is 0.200. The van der Waals surface area contributed by atoms with Crippen molar-refractivity contribution in [1.82, 2.24) is 14.9 Å². The lowest BCUT2D eigenvalue weighted by Gasteiger charge is -2.21. The van der Waals surface area contributed by atoms with Crippen molar-refractivity contribution in [2.24, 2.45) is 0 Å². The number of anilines is 2. The van der Waals surface area contributed by atoms with Gasteiger partial charge in [-0.25, -0.2) is 13.1 Å². The molecule has 1 aromatic heterocycles. The monoisotopic (exact) mass is 462 g/mol. The van der Waals surface area contributed by atoms with E-state index in [-0.39, 0.29) is 10.6 Å². The van der Waals surface area contributed by atoms with Crippen LogP contribution in [0.4, 0.5) is 11.5 Å². The minimum Gasteiger partial charge on any atom is -0.506 e. The Morgan fingerprint density at radius 2 is 1.55 bits per heavy atom. The normalized spacial score (nSPS) is 12.1. The van der Waals surface area contributed by atoms with E-state index < -0.39 is 15.6 Å². The number of phenolic OH excluding ortho intramolecular Hbond substituents is 1. The third-order valence-corrected chi connectivity index (χ3v) is 6.94. The van der Waals surface area contributed by atoms with Crippen molar-refractivity contribution in [3.05, 3.63) is 72.3 Å². The zero-order valence-corrected chi connectivity index (χ0v) is 19.7. The van der Waals surface area contributed by atoms with E-state index in [1.54, 1.807) is 58.0 Å². The summed E-state index contributed by atoms with van der Waals surface area (Å²) in [5.74, 6) is 0.595. The summed E-state index contributed by atoms with van der Waals surface area (Å²) < 4.78 is 28.8. The van der Waals surface area contributed by atoms with Crippen molar-refractivity contribution in [3.63, 3.8) is 0 Å². The van der Waals surface area contributed by atoms with Crippen molar-refractivity contribution < 1.29 is 13.5 Å². The molecule has 7 nitrogen and oxygen atoms in total. The van der Waals surface area contributed by atoms with E-state index in [2.05, 4.69) is 20.2 Å². The van der Waals surface area contributed by atoms with Gasteiger partial charge in [-0.2, -0.15) is 0 Å². The average molecular weight is 463 g/mol. The summed E-state index contributed by atoms with van der Waals surface area (Å²) in [4.78, 5) is 0.206. The molecule has 0 aliphatic carbocycles. The van der Waals surface area contributed by atoms with Gasteiger partial charge in [-0.3, -0.25) is 0 Å². The molecular formula is C25H26N4O3S. The van der Waals surface area contributed by atoms with E-state index in [4.69, 9.17) is 0 Å². The number of aryl methyl sites for hydroxylation is 1. The Morgan fingerprint density at radius 3 is 2.24 bits per heavy atom. The van der Waals surface area contributed by atoms with Crippen LogP contribution < -0.4 is 10.0 Å². The van der Waals surface area contributed by atoms with Crippen molar-refractivity contribution >= 4 is 32.3 Å². The van der Waals surface area contributed by atoms with Crippen LogP contribution >= 0.6 is 0 Å². The minimum absolute atomic E-state index is 0.104. The molecule has 0 bridgehead atoms. The van der Waals surface area contributed by atoms with Gasteiger partial charge in [0.25, 0.3) is 0 Å². The first kappa shape index (κ1) is 22.7. The minimum atomic E-state index is -3.72. The number of aromatic nitrogens is 2. The second-order valence-electron chi connectivity index (χ2n) is 8.92. The molecule has 0 fully saturated rings. The van der Waals surface area contributed by atoms with Gasteiger partial charge in [0, 0.05) is 21.9 Å². The summed E-state index contributed by atoms with van der Waals surface area (Å²) in [6.07, 6.45) is 0. The maximum atomic E-state index is 13.0. The predicted octanol–water partition coefficient (Wildman–Crippen LogP) is 5.13. The van der Waals surface area contributed by atoms with Gasteiger partial charge in [0.2, 0.25) is 10.0 Å². The van der Waals surface area contributed by atoms with Crippen LogP contribution in [0.2, 0.25) is 0 Å². The van der Waals surface area contributed by atoms with Crippen LogP contribution in [0.15, 0.2) is 71.6 Å². The summed E-state index contributed by atoms with van der Waals surface area (Å²) in [6.45, 7) is 7.18. The Morgan fingerprint density at radius 1 is 0.879 bits per heavy atom. The number of phenols is 1. The molecule has 0 atom stereocenters. The molecule has 8 heteroatoms. The third-order valence-electron chi connectivity index (χ3n) is 5.04. The van der Waals surface area contributed by atoms with Crippen molar-refractivity contribution in [2.75, 3.05) is 5.32 Å². The summed E-state index contributed by atoms with van der Waals surface area (Å²) in [6, 6.07) is 19.7. The molecule has 3 aromatic carbocycles. The highest BCUT2D eigenvalue weighted by atomic mass is 32.2. The fourth-order valence-electron chi connectivity index (χ4n) is 3.61. The maximum absolute atomic E-state index is 13.0. The second kappa shape index (κ2) is 8.46. The molecule has 33 heavy (non-hydrogen) atoms. The summed E-state index contributed by atoms with van der Waals surface area (Å²) in [5.41, 5.74) is 1.77. The van der Waals surface area contributed by atoms with E-state index in [0.717, 1.165) is 10.8 Å². The van der Waals surface area contributed by atoms with Gasteiger partial charge < -0.3 is 10.4 Å². The average Bonchev–Trinajstić information content (AvgIpc) is 2.74. The molecule has 0 saturated carbocycles. The molecule has 0 aliphatic heterocycles. The smallest absolute Gasteiger partial charge is 0.241 e. The van der Waals surface area contributed by atoms with E-state index in [9.17, 15) is 13.5 Å². The van der Waals surface area contributed by atoms with Crippen molar-refractivity contribution in [2.45, 2.75) is 38.1 Å². The molecule has 0 unspecified atom stereocenters. The maximum Gasteiger partial charge on any atom is 0.241 e. The van der Waals surface area contributed by atoms with E-state index in [1.807, 2.05) is 36.4 Å². The van der Waals surface area contributed by atoms with Gasteiger partial charge in [-0.05, 0) is 51.5 Å². The number of rotatable bonds is 5. The quantitative estimate of drug-likeness (QED) is 0.355. The van der Waals surface area contributed by atoms with Crippen LogP contribution in [0.1, 0.15) is 26.3 Å². The number of para-hydroxylation sites is 2. The molecule has 1 heterocycles. The van der Waals surface area contributed by atoms with Gasteiger partial charge in [0.1, 0.15) is 11.4 Å². The van der Waals surface area contributed by atoms with Crippen LogP contribution in [-0.4, -0.2) is 29.3 Å². The topological polar surface area (TPSA) is 104 Å². The molecule has 0 radical (unpaired) electrons. The van der Waals surface area contributed by atoms with Crippen molar-refractivity contribution in [3.8, 4) is 17.0 Å². The van der Waals surface area contributed by atoms with Crippen LogP contribution in [0.3, 0.4) is 0 Å². The summed E-state index contributed by atoms with van der Waals surface area (Å²) in [5, 5.41) is 23.6. The predicted molar refractivity (Wildman–Crippen MR) is 131 cm³/mol. The highest BCUT2D eigenvalue weighted by Crippen LogP contribution is 2.34. The van der Waals surface area contributed by atoms with Crippen LogP contribution in [0.25, 0.3) is 22.0 Å². The standard InChI is InChI=1S/C25H26N4O3S/c1-16-13-14-17(15-22(16)33(31,32)29-25(2,3)4)23-18-9-5-6-10-19(18)24(28-27-23)26-20-11-7-8-12-21(20)30/h5-15,29-30H,1-4H3,(H,26,28). The van der Waals surface area contributed by atoms with Gasteiger partial charge in [-0.15, -0.1) is 10.2 Å². The second-order valence-corrected chi connectivity index (χ2v) is 10.6. The molecule has 0 amide bonds. The van der Waals surface area contributed by atoms with Gasteiger partial charge in [0.05, 0.1) is 10.6 Å². The number of sulfonamides is 1. The lowest BCUT2D eigenvalue weighted by Crippen LogP contribution is -2.40. The zero-order chi connectivity index (χ0) is 23.8. The number of aromatic hydroxyl groups is 1. The van der Waals surface area contributed by atoms with E-state index in [1.165, 1.54) is 0 Å². The van der Waals surface area contributed by atoms with Crippen LogP contribution in [0, 0.1) is 6.92 Å². The third kappa shape index (κ3) is 4.81. The largest absolute Gasteiger partial charge is 0.506 e. The van der Waals surface area contributed by atoms with E-state index in [0.29, 0.717) is 28.3 Å². The molecule has 0 aliphatic rings. The van der Waals surface area contributed by atoms with Crippen LogP contribution in [-0.2, 0) is 10.0 Å². The number of nitrogens with zero attached hydrogens (tertiary/aromatic N) is 2. The number of fused-ring (bicyclic) bond motifs is 1. The van der Waals surface area contributed by atoms with E-state index >= 15 is 0 Å². The lowest BCUT2D eigenvalue weighted by molar-refractivity contribution is 0.477. The number of hydrogen-bond donors (Lipinski definition) is 3. The SMILES string of the molecule is Cc1ccc(-c2nnc(Nc3ccccc3O)c3ccccc23)cc1S(=O)(=O)NC(C)(C)C. The zero-order valence-electron chi connectivity index (χ0n) is 18.9. The number of hydrogen-bond acceptors (Lipinski definition) is 6. The number of benzene rings is 3. The summed E-state index contributed by atoms with van der Waals surface area (Å²) >= 11 is 0. The Balaban J connectivity index is 1.83. The van der Waals surface area contributed by atoms with Crippen LogP contribution in [0.5, 0.6) is 5.75 Å². The first-order chi connectivity index (χ1) is 15.5. The van der Waals surface area contributed by atoms with Crippen molar-refractivity contribution in [1.29, 1.82) is 0 Å². The molecule has 3 N–H and O–H groups in total. The fourth-order valence-corrected chi connectivity index (χ4v) is 5.30. The highest BCUT2D eigenvalue weighted by molar-refractivity contribution is 7.89. The van der Waals surface area contributed by atoms with Gasteiger partial charge in [0.15, 0.2) is 5.82 Å². The Hall–Kier alpha value is -3.49. The molecule has 170 valence electrons. The molecule has 0 saturated heterocycles. The van der Waals surface area contributed by atoms with Gasteiger partial charge in [-0.1, -0.05) is 48.5 Å². The molecule has 4 rings (SSSR count). The summed E-state index contributed by atoms with van der Waals surface area (Å²) in [7, 11) is -3.72.